The quantitative estimate of drug-likeness (QED) is 0.794. The second-order valence-corrected chi connectivity index (χ2v) is 6.87. The van der Waals surface area contributed by atoms with Gasteiger partial charge in [0.1, 0.15) is 0 Å². The number of nitriles is 1. The highest BCUT2D eigenvalue weighted by Crippen LogP contribution is 2.31. The van der Waals surface area contributed by atoms with Crippen LogP contribution in [0, 0.1) is 18.3 Å². The van der Waals surface area contributed by atoms with Gasteiger partial charge in [-0.25, -0.2) is 0 Å². The number of anilines is 1. The van der Waals surface area contributed by atoms with Crippen LogP contribution in [0.25, 0.3) is 0 Å². The molecule has 0 fully saturated rings. The SMILES string of the molecule is Cc1ccc(C(=O)NCCC#N)cc1NC1=NC(c2ccncc2)CS1. The number of aryl methyl sites for hydroxylation is 1. The van der Waals surface area contributed by atoms with Crippen molar-refractivity contribution in [1.29, 1.82) is 5.26 Å². The van der Waals surface area contributed by atoms with E-state index < -0.39 is 0 Å². The molecule has 7 heteroatoms. The highest BCUT2D eigenvalue weighted by Gasteiger charge is 2.20. The van der Waals surface area contributed by atoms with Crippen molar-refractivity contribution < 1.29 is 4.79 Å². The Balaban J connectivity index is 1.71. The molecule has 1 amide bonds. The second kappa shape index (κ2) is 8.50. The number of hydrogen-bond acceptors (Lipinski definition) is 6. The van der Waals surface area contributed by atoms with E-state index in [4.69, 9.17) is 10.3 Å². The Morgan fingerprint density at radius 1 is 1.35 bits per heavy atom. The van der Waals surface area contributed by atoms with E-state index >= 15 is 0 Å². The maximum absolute atomic E-state index is 12.2. The van der Waals surface area contributed by atoms with Gasteiger partial charge in [0.05, 0.1) is 18.5 Å². The molecular formula is C19H19N5OS. The number of amides is 1. The predicted molar refractivity (Wildman–Crippen MR) is 104 cm³/mol. The van der Waals surface area contributed by atoms with Crippen LogP contribution in [-0.4, -0.2) is 28.4 Å². The van der Waals surface area contributed by atoms with E-state index in [1.54, 1.807) is 30.2 Å². The van der Waals surface area contributed by atoms with Crippen LogP contribution in [0.4, 0.5) is 5.69 Å². The number of hydrogen-bond donors (Lipinski definition) is 2. The van der Waals surface area contributed by atoms with E-state index in [0.717, 1.165) is 27.7 Å². The number of thioether (sulfide) groups is 1. The lowest BCUT2D eigenvalue weighted by Gasteiger charge is -2.11. The first-order valence-electron chi connectivity index (χ1n) is 8.30. The van der Waals surface area contributed by atoms with Crippen LogP contribution in [0.3, 0.4) is 0 Å². The van der Waals surface area contributed by atoms with Crippen molar-refractivity contribution >= 4 is 28.5 Å². The molecular weight excluding hydrogens is 346 g/mol. The van der Waals surface area contributed by atoms with Crippen LogP contribution < -0.4 is 10.6 Å². The van der Waals surface area contributed by atoms with E-state index in [-0.39, 0.29) is 11.9 Å². The average molecular weight is 365 g/mol. The third-order valence-corrected chi connectivity index (χ3v) is 4.97. The number of rotatable bonds is 5. The molecule has 1 unspecified atom stereocenters. The molecule has 132 valence electrons. The normalized spacial score (nSPS) is 15.8. The van der Waals surface area contributed by atoms with Crippen LogP contribution in [0.15, 0.2) is 47.7 Å². The Morgan fingerprint density at radius 3 is 2.92 bits per heavy atom. The van der Waals surface area contributed by atoms with Gasteiger partial charge in [0, 0.05) is 35.9 Å². The maximum atomic E-state index is 12.2. The zero-order valence-electron chi connectivity index (χ0n) is 14.4. The summed E-state index contributed by atoms with van der Waals surface area (Å²) in [4.78, 5) is 20.9. The fraction of sp³-hybridized carbons (Fsp3) is 0.263. The van der Waals surface area contributed by atoms with Crippen molar-refractivity contribution in [2.24, 2.45) is 4.99 Å². The molecule has 1 aliphatic rings. The third-order valence-electron chi connectivity index (χ3n) is 4.01. The molecule has 0 saturated carbocycles. The summed E-state index contributed by atoms with van der Waals surface area (Å²) in [7, 11) is 0. The first-order valence-corrected chi connectivity index (χ1v) is 9.29. The summed E-state index contributed by atoms with van der Waals surface area (Å²) in [6, 6.07) is 11.6. The van der Waals surface area contributed by atoms with Gasteiger partial charge < -0.3 is 10.6 Å². The van der Waals surface area contributed by atoms with Gasteiger partial charge in [-0.05, 0) is 42.3 Å². The smallest absolute Gasteiger partial charge is 0.251 e. The summed E-state index contributed by atoms with van der Waals surface area (Å²) in [6.45, 7) is 2.34. The lowest BCUT2D eigenvalue weighted by molar-refractivity contribution is 0.0954. The number of aromatic nitrogens is 1. The Kier molecular flexibility index (Phi) is 5.87. The van der Waals surface area contributed by atoms with Crippen molar-refractivity contribution in [2.75, 3.05) is 17.6 Å². The standard InChI is InChI=1S/C19H19N5OS/c1-13-3-4-15(18(25)22-8-2-7-20)11-16(13)23-19-24-17(12-26-19)14-5-9-21-10-6-14/h3-6,9-11,17H,2,8,12H2,1H3,(H,22,25)(H,23,24). The number of benzene rings is 1. The molecule has 0 saturated heterocycles. The first-order chi connectivity index (χ1) is 12.7. The zero-order valence-corrected chi connectivity index (χ0v) is 15.2. The minimum atomic E-state index is -0.182. The van der Waals surface area contributed by atoms with Crippen LogP contribution in [-0.2, 0) is 0 Å². The highest BCUT2D eigenvalue weighted by atomic mass is 32.2. The van der Waals surface area contributed by atoms with Crippen molar-refractivity contribution in [3.05, 3.63) is 59.4 Å². The molecule has 6 nitrogen and oxygen atoms in total. The molecule has 1 aromatic carbocycles. The van der Waals surface area contributed by atoms with Gasteiger partial charge in [0.2, 0.25) is 0 Å². The van der Waals surface area contributed by atoms with E-state index in [2.05, 4.69) is 15.6 Å². The first kappa shape index (κ1) is 18.0. The topological polar surface area (TPSA) is 90.2 Å². The lowest BCUT2D eigenvalue weighted by atomic mass is 10.1. The van der Waals surface area contributed by atoms with Crippen molar-refractivity contribution in [3.63, 3.8) is 0 Å². The van der Waals surface area contributed by atoms with E-state index in [1.165, 1.54) is 0 Å². The molecule has 2 N–H and O–H groups in total. The summed E-state index contributed by atoms with van der Waals surface area (Å²) in [5.74, 6) is 0.693. The summed E-state index contributed by atoms with van der Waals surface area (Å²) in [5.41, 5.74) is 3.60. The maximum Gasteiger partial charge on any atom is 0.251 e. The van der Waals surface area contributed by atoms with Crippen LogP contribution >= 0.6 is 11.8 Å². The molecule has 26 heavy (non-hydrogen) atoms. The lowest BCUT2D eigenvalue weighted by Crippen LogP contribution is -2.24. The molecule has 0 spiro atoms. The van der Waals surface area contributed by atoms with E-state index in [1.807, 2.05) is 37.3 Å². The van der Waals surface area contributed by atoms with Crippen LogP contribution in [0.1, 0.15) is 33.9 Å². The fourth-order valence-electron chi connectivity index (χ4n) is 2.55. The Morgan fingerprint density at radius 2 is 2.15 bits per heavy atom. The Labute approximate surface area is 156 Å². The van der Waals surface area contributed by atoms with Crippen molar-refractivity contribution in [2.45, 2.75) is 19.4 Å². The summed E-state index contributed by atoms with van der Waals surface area (Å²) in [5, 5.41) is 15.5. The van der Waals surface area contributed by atoms with Gasteiger partial charge in [-0.3, -0.25) is 14.8 Å². The summed E-state index contributed by atoms with van der Waals surface area (Å²) in [6.07, 6.45) is 3.85. The number of pyridine rings is 1. The number of nitrogens with one attached hydrogen (secondary N) is 2. The summed E-state index contributed by atoms with van der Waals surface area (Å²) >= 11 is 1.66. The van der Waals surface area contributed by atoms with E-state index in [0.29, 0.717) is 18.5 Å². The molecule has 0 aliphatic carbocycles. The molecule has 1 aliphatic heterocycles. The van der Waals surface area contributed by atoms with Crippen molar-refractivity contribution in [3.8, 4) is 6.07 Å². The summed E-state index contributed by atoms with van der Waals surface area (Å²) < 4.78 is 0. The second-order valence-electron chi connectivity index (χ2n) is 5.86. The van der Waals surface area contributed by atoms with Crippen LogP contribution in [0.5, 0.6) is 0 Å². The highest BCUT2D eigenvalue weighted by molar-refractivity contribution is 8.14. The Hall–Kier alpha value is -2.85. The minimum absolute atomic E-state index is 0.114. The number of carbonyl (C=O) groups is 1. The fourth-order valence-corrected chi connectivity index (χ4v) is 3.51. The zero-order chi connectivity index (χ0) is 18.4. The number of nitrogens with zero attached hydrogens (tertiary/aromatic N) is 3. The number of aliphatic imine (C=N–C) groups is 1. The monoisotopic (exact) mass is 365 g/mol. The van der Waals surface area contributed by atoms with Gasteiger partial charge in [-0.2, -0.15) is 5.26 Å². The van der Waals surface area contributed by atoms with Gasteiger partial charge in [-0.1, -0.05) is 17.8 Å². The van der Waals surface area contributed by atoms with Gasteiger partial charge in [0.25, 0.3) is 5.91 Å². The molecule has 2 aromatic rings. The largest absolute Gasteiger partial charge is 0.351 e. The minimum Gasteiger partial charge on any atom is -0.351 e. The average Bonchev–Trinajstić information content (AvgIpc) is 3.13. The van der Waals surface area contributed by atoms with Gasteiger partial charge >= 0.3 is 0 Å². The third kappa shape index (κ3) is 4.41. The predicted octanol–water partition coefficient (Wildman–Crippen LogP) is 3.29. The number of carbonyl (C=O) groups excluding carboxylic acids is 1. The van der Waals surface area contributed by atoms with Crippen molar-refractivity contribution in [1.82, 2.24) is 10.3 Å². The van der Waals surface area contributed by atoms with Crippen LogP contribution in [0.2, 0.25) is 0 Å². The van der Waals surface area contributed by atoms with E-state index in [9.17, 15) is 4.79 Å². The molecule has 2 heterocycles. The Bertz CT molecular complexity index is 860. The van der Waals surface area contributed by atoms with Gasteiger partial charge in [-0.15, -0.1) is 0 Å². The van der Waals surface area contributed by atoms with Gasteiger partial charge in [0.15, 0.2) is 5.17 Å². The molecule has 3 rings (SSSR count). The molecule has 1 aromatic heterocycles. The molecule has 0 radical (unpaired) electrons. The molecule has 1 atom stereocenters. The number of amidine groups is 1. The molecule has 0 bridgehead atoms.